The molecule has 1 aromatic carbocycles. The number of hydrogen-bond acceptors (Lipinski definition) is 3. The number of hydrogen-bond donors (Lipinski definition) is 0. The Morgan fingerprint density at radius 2 is 1.36 bits per heavy atom. The molecule has 1 atom stereocenters. The summed E-state index contributed by atoms with van der Waals surface area (Å²) < 4.78 is 24.6. The molecule has 1 unspecified atom stereocenters. The normalized spacial score (nSPS) is 13.6. The van der Waals surface area contributed by atoms with Gasteiger partial charge in [0.05, 0.1) is 19.0 Å². The molecule has 0 radical (unpaired) electrons. The third-order valence-electron chi connectivity index (χ3n) is 4.85. The minimum Gasteiger partial charge on any atom is -0.432 e. The van der Waals surface area contributed by atoms with Gasteiger partial charge in [-0.15, -0.1) is 0 Å². The van der Waals surface area contributed by atoms with E-state index < -0.39 is 7.60 Å². The summed E-state index contributed by atoms with van der Waals surface area (Å²) in [5.74, 6) is 0. The Morgan fingerprint density at radius 1 is 0.786 bits per heavy atom. The smallest absolute Gasteiger partial charge is 0.378 e. The summed E-state index contributed by atoms with van der Waals surface area (Å²) in [4.78, 5) is 0. The largest absolute Gasteiger partial charge is 0.432 e. The van der Waals surface area contributed by atoms with E-state index in [0.717, 1.165) is 31.2 Å². The molecule has 1 rings (SSSR count). The zero-order valence-electron chi connectivity index (χ0n) is 18.1. The molecule has 28 heavy (non-hydrogen) atoms. The first-order valence-electron chi connectivity index (χ1n) is 11.3. The van der Waals surface area contributed by atoms with Crippen LogP contribution in [0, 0.1) is 0 Å². The fourth-order valence-electron chi connectivity index (χ4n) is 3.09. The van der Waals surface area contributed by atoms with Crippen molar-refractivity contribution in [2.45, 2.75) is 90.9 Å². The van der Waals surface area contributed by atoms with E-state index in [4.69, 9.17) is 9.05 Å². The van der Waals surface area contributed by atoms with Crippen molar-refractivity contribution < 1.29 is 13.6 Å². The molecule has 0 amide bonds. The van der Waals surface area contributed by atoms with Crippen LogP contribution in [-0.2, 0) is 13.6 Å². The third kappa shape index (κ3) is 13.2. The van der Waals surface area contributed by atoms with E-state index in [9.17, 15) is 4.57 Å². The highest BCUT2D eigenvalue weighted by Gasteiger charge is 2.23. The lowest BCUT2D eigenvalue weighted by molar-refractivity contribution is 0.243. The Balaban J connectivity index is 2.41. The number of benzene rings is 1. The van der Waals surface area contributed by atoms with Gasteiger partial charge in [-0.1, -0.05) is 108 Å². The maximum absolute atomic E-state index is 13.1. The van der Waals surface area contributed by atoms with Crippen LogP contribution in [0.4, 0.5) is 0 Å². The molecular formula is C24H41O3P. The summed E-state index contributed by atoms with van der Waals surface area (Å²) in [7, 11) is -3.06. The Morgan fingerprint density at radius 3 is 2.00 bits per heavy atom. The molecule has 1 aromatic rings. The molecule has 0 bridgehead atoms. The minimum atomic E-state index is -3.06. The van der Waals surface area contributed by atoms with Gasteiger partial charge in [-0.05, 0) is 24.5 Å². The molecule has 0 spiro atoms. The average Bonchev–Trinajstić information content (AvgIpc) is 2.71. The van der Waals surface area contributed by atoms with E-state index >= 15 is 0 Å². The van der Waals surface area contributed by atoms with Gasteiger partial charge in [0.1, 0.15) is 0 Å². The van der Waals surface area contributed by atoms with E-state index in [-0.39, 0.29) is 0 Å². The lowest BCUT2D eigenvalue weighted by atomic mass is 10.1. The first-order valence-corrected chi connectivity index (χ1v) is 13.1. The van der Waals surface area contributed by atoms with Crippen molar-refractivity contribution in [3.05, 3.63) is 42.2 Å². The Labute approximate surface area is 173 Å². The zero-order chi connectivity index (χ0) is 20.3. The van der Waals surface area contributed by atoms with Crippen LogP contribution in [0.2, 0.25) is 0 Å². The predicted octanol–water partition coefficient (Wildman–Crippen LogP) is 8.60. The lowest BCUT2D eigenvalue weighted by Gasteiger charge is -2.17. The molecule has 0 aromatic heterocycles. The van der Waals surface area contributed by atoms with Crippen molar-refractivity contribution >= 4 is 13.7 Å². The summed E-state index contributed by atoms with van der Waals surface area (Å²) in [6, 6.07) is 9.92. The molecule has 0 aliphatic heterocycles. The van der Waals surface area contributed by atoms with Gasteiger partial charge in [-0.25, -0.2) is 4.57 Å². The van der Waals surface area contributed by atoms with Crippen molar-refractivity contribution in [2.24, 2.45) is 0 Å². The van der Waals surface area contributed by atoms with Crippen LogP contribution in [0.25, 0.3) is 6.08 Å². The monoisotopic (exact) mass is 408 g/mol. The summed E-state index contributed by atoms with van der Waals surface area (Å²) in [6.45, 7) is 4.97. The molecule has 0 aliphatic rings. The van der Waals surface area contributed by atoms with E-state index in [0.29, 0.717) is 12.8 Å². The van der Waals surface area contributed by atoms with Crippen molar-refractivity contribution in [3.63, 3.8) is 0 Å². The highest BCUT2D eigenvalue weighted by molar-refractivity contribution is 7.53. The van der Waals surface area contributed by atoms with Crippen molar-refractivity contribution in [1.29, 1.82) is 0 Å². The molecule has 0 saturated carbocycles. The Bertz CT molecular complexity index is 542. The van der Waals surface area contributed by atoms with Gasteiger partial charge in [0.2, 0.25) is 0 Å². The first-order chi connectivity index (χ1) is 13.7. The quantitative estimate of drug-likeness (QED) is 0.139. The summed E-state index contributed by atoms with van der Waals surface area (Å²) in [5.41, 5.74) is 1.03. The van der Waals surface area contributed by atoms with Crippen LogP contribution >= 0.6 is 7.60 Å². The van der Waals surface area contributed by atoms with Gasteiger partial charge in [0, 0.05) is 0 Å². The van der Waals surface area contributed by atoms with Gasteiger partial charge in [-0.3, -0.25) is 4.52 Å². The average molecular weight is 409 g/mol. The molecule has 0 heterocycles. The summed E-state index contributed by atoms with van der Waals surface area (Å²) >= 11 is 0. The van der Waals surface area contributed by atoms with Crippen LogP contribution < -0.4 is 0 Å². The van der Waals surface area contributed by atoms with E-state index in [2.05, 4.69) is 13.8 Å². The fraction of sp³-hybridized carbons (Fsp3) is 0.667. The zero-order valence-corrected chi connectivity index (χ0v) is 19.0. The van der Waals surface area contributed by atoms with E-state index in [1.165, 1.54) is 51.4 Å². The van der Waals surface area contributed by atoms with Crippen molar-refractivity contribution in [3.8, 4) is 0 Å². The van der Waals surface area contributed by atoms with Crippen LogP contribution in [-0.4, -0.2) is 12.8 Å². The van der Waals surface area contributed by atoms with Crippen LogP contribution in [0.5, 0.6) is 0 Å². The molecular weight excluding hydrogens is 367 g/mol. The van der Waals surface area contributed by atoms with E-state index in [1.54, 1.807) is 6.26 Å². The second kappa shape index (κ2) is 16.9. The third-order valence-corrected chi connectivity index (χ3v) is 6.74. The molecule has 0 saturated heterocycles. The number of rotatable bonds is 18. The summed E-state index contributed by atoms with van der Waals surface area (Å²) in [6.07, 6.45) is 18.0. The van der Waals surface area contributed by atoms with Crippen molar-refractivity contribution in [1.82, 2.24) is 0 Å². The number of unbranched alkanes of at least 4 members (excludes halogenated alkanes) is 10. The molecule has 0 fully saturated rings. The van der Waals surface area contributed by atoms with E-state index in [1.807, 2.05) is 36.4 Å². The highest BCUT2D eigenvalue weighted by atomic mass is 31.2. The predicted molar refractivity (Wildman–Crippen MR) is 122 cm³/mol. The topological polar surface area (TPSA) is 35.5 Å². The SMILES string of the molecule is CCCCCCCCOP(=O)(CCCCCCCC)OC=Cc1ccccc1. The molecule has 3 nitrogen and oxygen atoms in total. The van der Waals surface area contributed by atoms with Gasteiger partial charge in [0.25, 0.3) is 0 Å². The maximum Gasteiger partial charge on any atom is 0.378 e. The second-order valence-electron chi connectivity index (χ2n) is 7.52. The fourth-order valence-corrected chi connectivity index (χ4v) is 4.65. The van der Waals surface area contributed by atoms with Crippen LogP contribution in [0.1, 0.15) is 96.5 Å². The molecule has 4 heteroatoms. The van der Waals surface area contributed by atoms with Crippen LogP contribution in [0.15, 0.2) is 36.6 Å². The standard InChI is InChI=1S/C24H41O3P/c1-3-5-7-9-11-16-21-26-28(25,23-17-12-10-8-6-4-2)27-22-20-24-18-14-13-15-19-24/h13-15,18-20,22H,3-12,16-17,21,23H2,1-2H3. The second-order valence-corrected chi connectivity index (χ2v) is 9.66. The minimum absolute atomic E-state index is 0.508. The highest BCUT2D eigenvalue weighted by Crippen LogP contribution is 2.49. The molecule has 0 aliphatic carbocycles. The van der Waals surface area contributed by atoms with Gasteiger partial charge in [0.15, 0.2) is 0 Å². The lowest BCUT2D eigenvalue weighted by Crippen LogP contribution is -2.00. The molecule has 160 valence electrons. The Kier molecular flexibility index (Phi) is 15.0. The van der Waals surface area contributed by atoms with Gasteiger partial charge >= 0.3 is 7.60 Å². The summed E-state index contributed by atoms with van der Waals surface area (Å²) in [5, 5.41) is 0. The van der Waals surface area contributed by atoms with Crippen LogP contribution in [0.3, 0.4) is 0 Å². The Hall–Kier alpha value is -1.05. The van der Waals surface area contributed by atoms with Gasteiger partial charge < -0.3 is 4.52 Å². The van der Waals surface area contributed by atoms with Gasteiger partial charge in [-0.2, -0.15) is 0 Å². The maximum atomic E-state index is 13.1. The van der Waals surface area contributed by atoms with Crippen molar-refractivity contribution in [2.75, 3.05) is 12.8 Å². The first kappa shape index (κ1) is 25.0. The molecule has 0 N–H and O–H groups in total.